The highest BCUT2D eigenvalue weighted by molar-refractivity contribution is 5.77. The fourth-order valence-electron chi connectivity index (χ4n) is 3.98. The number of benzene rings is 2. The van der Waals surface area contributed by atoms with Crippen LogP contribution in [0.5, 0.6) is 5.75 Å². The van der Waals surface area contributed by atoms with Gasteiger partial charge in [0.1, 0.15) is 17.7 Å². The van der Waals surface area contributed by atoms with Gasteiger partial charge in [0.25, 0.3) is 0 Å². The van der Waals surface area contributed by atoms with E-state index in [9.17, 15) is 13.6 Å². The summed E-state index contributed by atoms with van der Waals surface area (Å²) in [5, 5.41) is 0. The van der Waals surface area contributed by atoms with E-state index in [1.807, 2.05) is 36.2 Å². The number of rotatable bonds is 9. The summed E-state index contributed by atoms with van der Waals surface area (Å²) in [5.74, 6) is 0.873. The van der Waals surface area contributed by atoms with Crippen molar-refractivity contribution >= 4 is 5.91 Å². The highest BCUT2D eigenvalue weighted by Crippen LogP contribution is 2.23. The van der Waals surface area contributed by atoms with E-state index in [1.54, 1.807) is 17.0 Å². The van der Waals surface area contributed by atoms with Crippen molar-refractivity contribution in [1.29, 1.82) is 0 Å². The molecule has 2 aromatic rings. The number of ether oxygens (including phenoxy) is 1. The van der Waals surface area contributed by atoms with Crippen LogP contribution in [0.2, 0.25) is 0 Å². The number of halogens is 2. The van der Waals surface area contributed by atoms with E-state index >= 15 is 0 Å². The topological polar surface area (TPSA) is 32.8 Å². The molecule has 2 aromatic carbocycles. The quantitative estimate of drug-likeness (QED) is 0.554. The largest absolute Gasteiger partial charge is 0.493 e. The number of piperidine rings is 1. The highest BCUT2D eigenvalue weighted by atomic mass is 19.1. The zero-order valence-electron chi connectivity index (χ0n) is 19.3. The van der Waals surface area contributed by atoms with Gasteiger partial charge in [0.05, 0.1) is 12.6 Å². The standard InChI is InChI=1S/C26H34F2N2O2/c1-19(2)18-32-23-11-6-20(7-12-23)8-13-26(31)30(16-21-4-9-22(27)10-5-21)25-14-15-29(3)17-24(25)28/h4-7,9-12,19,24-25H,8,13-18H2,1-3H3/t24-,25+/m1/s1. The number of amides is 1. The van der Waals surface area contributed by atoms with Crippen molar-refractivity contribution < 1.29 is 18.3 Å². The number of nitrogens with zero attached hydrogens (tertiary/aromatic N) is 2. The molecule has 32 heavy (non-hydrogen) atoms. The van der Waals surface area contributed by atoms with Crippen molar-refractivity contribution in [3.05, 3.63) is 65.5 Å². The molecule has 1 saturated heterocycles. The van der Waals surface area contributed by atoms with E-state index in [-0.39, 0.29) is 18.3 Å². The Bertz CT molecular complexity index is 855. The van der Waals surface area contributed by atoms with Gasteiger partial charge in [-0.2, -0.15) is 0 Å². The van der Waals surface area contributed by atoms with E-state index in [0.29, 0.717) is 38.3 Å². The van der Waals surface area contributed by atoms with Crippen LogP contribution in [0.15, 0.2) is 48.5 Å². The molecule has 0 bridgehead atoms. The summed E-state index contributed by atoms with van der Waals surface area (Å²) in [6.45, 7) is 6.22. The molecule has 174 valence electrons. The second-order valence-corrected chi connectivity index (χ2v) is 9.13. The van der Waals surface area contributed by atoms with E-state index in [2.05, 4.69) is 13.8 Å². The molecule has 4 nitrogen and oxygen atoms in total. The lowest BCUT2D eigenvalue weighted by molar-refractivity contribution is -0.137. The first kappa shape index (κ1) is 24.2. The van der Waals surface area contributed by atoms with Crippen LogP contribution in [0.4, 0.5) is 8.78 Å². The summed E-state index contributed by atoms with van der Waals surface area (Å²) in [6, 6.07) is 13.4. The Balaban J connectivity index is 1.65. The van der Waals surface area contributed by atoms with Crippen molar-refractivity contribution in [2.45, 2.75) is 51.9 Å². The summed E-state index contributed by atoms with van der Waals surface area (Å²) in [5.41, 5.74) is 1.84. The van der Waals surface area contributed by atoms with Crippen LogP contribution < -0.4 is 4.74 Å². The van der Waals surface area contributed by atoms with Gasteiger partial charge in [-0.3, -0.25) is 4.79 Å². The Morgan fingerprint density at radius 1 is 1.12 bits per heavy atom. The molecule has 0 saturated carbocycles. The fraction of sp³-hybridized carbons (Fsp3) is 0.500. The Hall–Kier alpha value is -2.47. The molecule has 0 aromatic heterocycles. The van der Waals surface area contributed by atoms with Gasteiger partial charge >= 0.3 is 0 Å². The van der Waals surface area contributed by atoms with Crippen LogP contribution in [0, 0.1) is 11.7 Å². The first-order valence-electron chi connectivity index (χ1n) is 11.4. The number of likely N-dealkylation sites (tertiary alicyclic amines) is 1. The van der Waals surface area contributed by atoms with Crippen molar-refractivity contribution in [1.82, 2.24) is 9.80 Å². The van der Waals surface area contributed by atoms with Crippen LogP contribution in [0.25, 0.3) is 0 Å². The third-order valence-electron chi connectivity index (χ3n) is 5.83. The van der Waals surface area contributed by atoms with Gasteiger partial charge in [-0.25, -0.2) is 8.78 Å². The van der Waals surface area contributed by atoms with Crippen LogP contribution in [-0.2, 0) is 17.8 Å². The Morgan fingerprint density at radius 3 is 2.41 bits per heavy atom. The Kier molecular flexibility index (Phi) is 8.62. The fourth-order valence-corrected chi connectivity index (χ4v) is 3.98. The lowest BCUT2D eigenvalue weighted by Gasteiger charge is -2.39. The van der Waals surface area contributed by atoms with Crippen LogP contribution in [0.3, 0.4) is 0 Å². The number of carbonyl (C=O) groups is 1. The molecule has 0 unspecified atom stereocenters. The van der Waals surface area contributed by atoms with Crippen molar-refractivity contribution in [2.75, 3.05) is 26.7 Å². The summed E-state index contributed by atoms with van der Waals surface area (Å²) in [7, 11) is 1.89. The summed E-state index contributed by atoms with van der Waals surface area (Å²) < 4.78 is 33.9. The summed E-state index contributed by atoms with van der Waals surface area (Å²) in [4.78, 5) is 16.8. The minimum atomic E-state index is -1.10. The van der Waals surface area contributed by atoms with Crippen molar-refractivity contribution in [3.8, 4) is 5.75 Å². The van der Waals surface area contributed by atoms with Crippen molar-refractivity contribution in [2.24, 2.45) is 5.92 Å². The van der Waals surface area contributed by atoms with Gasteiger partial charge in [-0.15, -0.1) is 0 Å². The number of carbonyl (C=O) groups excluding carboxylic acids is 1. The normalized spacial score (nSPS) is 19.2. The van der Waals surface area contributed by atoms with E-state index < -0.39 is 12.2 Å². The molecule has 0 aliphatic carbocycles. The van der Waals surface area contributed by atoms with Gasteiger partial charge in [0.15, 0.2) is 0 Å². The van der Waals surface area contributed by atoms with Gasteiger partial charge < -0.3 is 14.5 Å². The number of hydrogen-bond acceptors (Lipinski definition) is 3. The SMILES string of the molecule is CC(C)COc1ccc(CCC(=O)N(Cc2ccc(F)cc2)[C@H]2CCN(C)C[C@H]2F)cc1. The molecule has 1 aliphatic rings. The molecule has 1 heterocycles. The highest BCUT2D eigenvalue weighted by Gasteiger charge is 2.34. The van der Waals surface area contributed by atoms with Crippen LogP contribution in [-0.4, -0.2) is 54.7 Å². The maximum absolute atomic E-state index is 14.9. The predicted octanol–water partition coefficient (Wildman–Crippen LogP) is 4.86. The third kappa shape index (κ3) is 7.02. The molecule has 0 spiro atoms. The van der Waals surface area contributed by atoms with Crippen LogP contribution >= 0.6 is 0 Å². The number of alkyl halides is 1. The minimum absolute atomic E-state index is 0.0772. The number of hydrogen-bond donors (Lipinski definition) is 0. The molecule has 1 aliphatic heterocycles. The van der Waals surface area contributed by atoms with E-state index in [4.69, 9.17) is 4.74 Å². The molecular weight excluding hydrogens is 410 g/mol. The Morgan fingerprint density at radius 2 is 1.78 bits per heavy atom. The molecule has 1 fully saturated rings. The van der Waals surface area contributed by atoms with Gasteiger partial charge in [-0.05, 0) is 61.2 Å². The molecule has 0 N–H and O–H groups in total. The van der Waals surface area contributed by atoms with Gasteiger partial charge in [0, 0.05) is 26.1 Å². The lowest BCUT2D eigenvalue weighted by atomic mass is 9.99. The zero-order valence-corrected chi connectivity index (χ0v) is 19.3. The van der Waals surface area contributed by atoms with Crippen LogP contribution in [0.1, 0.15) is 37.8 Å². The number of aryl methyl sites for hydroxylation is 1. The molecule has 1 amide bonds. The minimum Gasteiger partial charge on any atom is -0.493 e. The first-order valence-corrected chi connectivity index (χ1v) is 11.4. The summed E-state index contributed by atoms with van der Waals surface area (Å²) >= 11 is 0. The maximum Gasteiger partial charge on any atom is 0.223 e. The molecule has 6 heteroatoms. The molecule has 0 radical (unpaired) electrons. The maximum atomic E-state index is 14.9. The van der Waals surface area contributed by atoms with E-state index in [1.165, 1.54) is 12.1 Å². The second kappa shape index (κ2) is 11.4. The molecular formula is C26H34F2N2O2. The lowest BCUT2D eigenvalue weighted by Crippen LogP contribution is -2.53. The molecule has 2 atom stereocenters. The molecule has 3 rings (SSSR count). The van der Waals surface area contributed by atoms with E-state index in [0.717, 1.165) is 23.4 Å². The second-order valence-electron chi connectivity index (χ2n) is 9.13. The smallest absolute Gasteiger partial charge is 0.223 e. The zero-order chi connectivity index (χ0) is 23.1. The summed E-state index contributed by atoms with van der Waals surface area (Å²) in [6.07, 6.45) is 0.363. The monoisotopic (exact) mass is 444 g/mol. The average Bonchev–Trinajstić information content (AvgIpc) is 2.77. The van der Waals surface area contributed by atoms with Gasteiger partial charge in [-0.1, -0.05) is 38.1 Å². The Labute approximate surface area is 190 Å². The van der Waals surface area contributed by atoms with Gasteiger partial charge in [0.2, 0.25) is 5.91 Å². The average molecular weight is 445 g/mol. The van der Waals surface area contributed by atoms with Crippen molar-refractivity contribution in [3.63, 3.8) is 0 Å². The first-order chi connectivity index (χ1) is 15.3. The third-order valence-corrected chi connectivity index (χ3v) is 5.83. The predicted molar refractivity (Wildman–Crippen MR) is 123 cm³/mol.